The first kappa shape index (κ1) is 13.8. The number of rotatable bonds is 3. The van der Waals surface area contributed by atoms with Crippen LogP contribution in [0.15, 0.2) is 22.7 Å². The van der Waals surface area contributed by atoms with Crippen molar-refractivity contribution in [3.63, 3.8) is 0 Å². The Labute approximate surface area is 111 Å². The van der Waals surface area contributed by atoms with E-state index in [1.54, 1.807) is 0 Å². The van der Waals surface area contributed by atoms with Gasteiger partial charge in [0.15, 0.2) is 0 Å². The average Bonchev–Trinajstić information content (AvgIpc) is 2.74. The summed E-state index contributed by atoms with van der Waals surface area (Å²) >= 11 is 3.55. The smallest absolute Gasteiger partial charge is 0.133 e. The maximum Gasteiger partial charge on any atom is 0.133 e. The molecule has 1 fully saturated rings. The molecule has 0 bridgehead atoms. The molecule has 1 atom stereocenters. The van der Waals surface area contributed by atoms with Gasteiger partial charge in [0.05, 0.1) is 4.47 Å². The summed E-state index contributed by atoms with van der Waals surface area (Å²) in [6, 6.07) is 6.32. The molecule has 0 aromatic heterocycles. The van der Waals surface area contributed by atoms with Gasteiger partial charge in [-0.15, -0.1) is 12.4 Å². The molecule has 1 heterocycles. The minimum absolute atomic E-state index is 0. The van der Waals surface area contributed by atoms with Crippen LogP contribution in [-0.4, -0.2) is 19.2 Å². The first-order valence-corrected chi connectivity index (χ1v) is 6.24. The van der Waals surface area contributed by atoms with Crippen molar-refractivity contribution in [1.29, 1.82) is 0 Å². The van der Waals surface area contributed by atoms with Crippen LogP contribution in [0.25, 0.3) is 0 Å². The van der Waals surface area contributed by atoms with E-state index in [0.29, 0.717) is 6.10 Å². The molecule has 1 aromatic rings. The third-order valence-electron chi connectivity index (χ3n) is 2.71. The Kier molecular flexibility index (Phi) is 5.59. The van der Waals surface area contributed by atoms with Crippen molar-refractivity contribution in [2.45, 2.75) is 25.9 Å². The SMILES string of the molecule is CCc1ccc(OC2CCNC2)c(Br)c1.Cl. The van der Waals surface area contributed by atoms with E-state index in [2.05, 4.69) is 46.4 Å². The summed E-state index contributed by atoms with van der Waals surface area (Å²) in [5.41, 5.74) is 1.33. The van der Waals surface area contributed by atoms with E-state index >= 15 is 0 Å². The van der Waals surface area contributed by atoms with Crippen LogP contribution in [0.2, 0.25) is 0 Å². The summed E-state index contributed by atoms with van der Waals surface area (Å²) < 4.78 is 6.96. The Balaban J connectivity index is 0.00000128. The highest BCUT2D eigenvalue weighted by molar-refractivity contribution is 9.10. The van der Waals surface area contributed by atoms with E-state index in [1.807, 2.05) is 0 Å². The summed E-state index contributed by atoms with van der Waals surface area (Å²) in [7, 11) is 0. The van der Waals surface area contributed by atoms with Crippen molar-refractivity contribution in [2.24, 2.45) is 0 Å². The maximum absolute atomic E-state index is 5.90. The highest BCUT2D eigenvalue weighted by Gasteiger charge is 2.16. The summed E-state index contributed by atoms with van der Waals surface area (Å²) in [6.07, 6.45) is 2.49. The van der Waals surface area contributed by atoms with Crippen LogP contribution in [0.5, 0.6) is 5.75 Å². The molecule has 2 nitrogen and oxygen atoms in total. The zero-order valence-corrected chi connectivity index (χ0v) is 11.7. The van der Waals surface area contributed by atoms with E-state index in [0.717, 1.165) is 36.2 Å². The molecule has 0 saturated carbocycles. The van der Waals surface area contributed by atoms with Gasteiger partial charge >= 0.3 is 0 Å². The minimum atomic E-state index is 0. The van der Waals surface area contributed by atoms with Gasteiger partial charge in [-0.25, -0.2) is 0 Å². The molecule has 1 aliphatic heterocycles. The van der Waals surface area contributed by atoms with Gasteiger partial charge in [0, 0.05) is 6.54 Å². The lowest BCUT2D eigenvalue weighted by atomic mass is 10.2. The average molecular weight is 307 g/mol. The number of hydrogen-bond acceptors (Lipinski definition) is 2. The van der Waals surface area contributed by atoms with E-state index in [4.69, 9.17) is 4.74 Å². The highest BCUT2D eigenvalue weighted by Crippen LogP contribution is 2.27. The second kappa shape index (κ2) is 6.48. The van der Waals surface area contributed by atoms with Crippen LogP contribution in [0.1, 0.15) is 18.9 Å². The fourth-order valence-corrected chi connectivity index (χ4v) is 2.29. The Morgan fingerprint density at radius 1 is 1.50 bits per heavy atom. The van der Waals surface area contributed by atoms with Crippen LogP contribution in [0.4, 0.5) is 0 Å². The molecule has 1 aliphatic rings. The number of ether oxygens (including phenoxy) is 1. The van der Waals surface area contributed by atoms with E-state index in [-0.39, 0.29) is 12.4 Å². The quantitative estimate of drug-likeness (QED) is 0.926. The molecular formula is C12H17BrClNO. The molecule has 0 aliphatic carbocycles. The Morgan fingerprint density at radius 3 is 2.88 bits per heavy atom. The van der Waals surface area contributed by atoms with Crippen molar-refractivity contribution in [3.05, 3.63) is 28.2 Å². The Hall–Kier alpha value is -0.250. The van der Waals surface area contributed by atoms with E-state index in [1.165, 1.54) is 5.56 Å². The van der Waals surface area contributed by atoms with Crippen LogP contribution >= 0.6 is 28.3 Å². The number of aryl methyl sites for hydroxylation is 1. The first-order valence-electron chi connectivity index (χ1n) is 5.45. The fourth-order valence-electron chi connectivity index (χ4n) is 1.77. The van der Waals surface area contributed by atoms with Gasteiger partial charge < -0.3 is 10.1 Å². The van der Waals surface area contributed by atoms with Gasteiger partial charge in [-0.1, -0.05) is 13.0 Å². The maximum atomic E-state index is 5.90. The highest BCUT2D eigenvalue weighted by atomic mass is 79.9. The normalized spacial score (nSPS) is 19.2. The standard InChI is InChI=1S/C12H16BrNO.ClH/c1-2-9-3-4-12(11(13)7-9)15-10-5-6-14-8-10;/h3-4,7,10,14H,2,5-6,8H2,1H3;1H. The van der Waals surface area contributed by atoms with Gasteiger partial charge in [-0.05, 0) is 53.0 Å². The number of halogens is 2. The lowest BCUT2D eigenvalue weighted by molar-refractivity contribution is 0.221. The summed E-state index contributed by atoms with van der Waals surface area (Å²) in [4.78, 5) is 0. The zero-order chi connectivity index (χ0) is 10.7. The molecule has 1 N–H and O–H groups in total. The van der Waals surface area contributed by atoms with Gasteiger partial charge in [0.2, 0.25) is 0 Å². The third kappa shape index (κ3) is 3.37. The third-order valence-corrected chi connectivity index (χ3v) is 3.33. The number of hydrogen-bond donors (Lipinski definition) is 1. The monoisotopic (exact) mass is 305 g/mol. The molecule has 2 rings (SSSR count). The van der Waals surface area contributed by atoms with Gasteiger partial charge in [0.1, 0.15) is 11.9 Å². The molecule has 1 unspecified atom stereocenters. The zero-order valence-electron chi connectivity index (χ0n) is 9.33. The molecule has 1 saturated heterocycles. The summed E-state index contributed by atoms with van der Waals surface area (Å²) in [5.74, 6) is 0.959. The van der Waals surface area contributed by atoms with Gasteiger partial charge in [0.25, 0.3) is 0 Å². The molecule has 4 heteroatoms. The Morgan fingerprint density at radius 2 is 2.31 bits per heavy atom. The van der Waals surface area contributed by atoms with Crippen molar-refractivity contribution in [1.82, 2.24) is 5.32 Å². The molecule has 0 spiro atoms. The molecular weight excluding hydrogens is 289 g/mol. The van der Waals surface area contributed by atoms with Gasteiger partial charge in [-0.2, -0.15) is 0 Å². The van der Waals surface area contributed by atoms with Crippen molar-refractivity contribution in [2.75, 3.05) is 13.1 Å². The van der Waals surface area contributed by atoms with Crippen LogP contribution < -0.4 is 10.1 Å². The predicted octanol–water partition coefficient (Wildman–Crippen LogP) is 3.17. The van der Waals surface area contributed by atoms with Crippen LogP contribution in [-0.2, 0) is 6.42 Å². The number of nitrogens with one attached hydrogen (secondary N) is 1. The molecule has 90 valence electrons. The lowest BCUT2D eigenvalue weighted by Gasteiger charge is -2.14. The minimum Gasteiger partial charge on any atom is -0.488 e. The van der Waals surface area contributed by atoms with Crippen molar-refractivity contribution < 1.29 is 4.74 Å². The number of benzene rings is 1. The molecule has 16 heavy (non-hydrogen) atoms. The van der Waals surface area contributed by atoms with Crippen molar-refractivity contribution in [3.8, 4) is 5.75 Å². The van der Waals surface area contributed by atoms with E-state index in [9.17, 15) is 0 Å². The topological polar surface area (TPSA) is 21.3 Å². The second-order valence-electron chi connectivity index (χ2n) is 3.85. The molecule has 1 aromatic carbocycles. The lowest BCUT2D eigenvalue weighted by Crippen LogP contribution is -2.19. The first-order chi connectivity index (χ1) is 7.29. The largest absolute Gasteiger partial charge is 0.488 e. The predicted molar refractivity (Wildman–Crippen MR) is 72.7 cm³/mol. The molecule has 0 radical (unpaired) electrons. The van der Waals surface area contributed by atoms with Crippen molar-refractivity contribution >= 4 is 28.3 Å². The summed E-state index contributed by atoms with van der Waals surface area (Å²) in [5, 5.41) is 3.29. The Bertz CT molecular complexity index is 340. The second-order valence-corrected chi connectivity index (χ2v) is 4.71. The van der Waals surface area contributed by atoms with E-state index < -0.39 is 0 Å². The van der Waals surface area contributed by atoms with Crippen LogP contribution in [0.3, 0.4) is 0 Å². The fraction of sp³-hybridized carbons (Fsp3) is 0.500. The summed E-state index contributed by atoms with van der Waals surface area (Å²) in [6.45, 7) is 4.18. The van der Waals surface area contributed by atoms with Crippen LogP contribution in [0, 0.1) is 0 Å². The van der Waals surface area contributed by atoms with Gasteiger partial charge in [-0.3, -0.25) is 0 Å². The molecule has 0 amide bonds.